The average Bonchev–Trinajstić information content (AvgIpc) is 3.42. The minimum atomic E-state index is -4.11. The van der Waals surface area contributed by atoms with Gasteiger partial charge in [-0.2, -0.15) is 18.0 Å². The van der Waals surface area contributed by atoms with Crippen LogP contribution in [-0.2, 0) is 19.7 Å². The first-order valence-electron chi connectivity index (χ1n) is 9.96. The van der Waals surface area contributed by atoms with E-state index in [-0.39, 0.29) is 17.9 Å². The number of nitrogens with zero attached hydrogens (tertiary/aromatic N) is 2. The molecule has 4 fully saturated rings. The summed E-state index contributed by atoms with van der Waals surface area (Å²) < 4.78 is 48.2. The number of fused-ring (bicyclic) bond motifs is 1. The number of hydrogen-bond donors (Lipinski definition) is 2. The Labute approximate surface area is 164 Å². The van der Waals surface area contributed by atoms with Gasteiger partial charge < -0.3 is 9.84 Å². The third-order valence-electron chi connectivity index (χ3n) is 6.73. The fourth-order valence-electron chi connectivity index (χ4n) is 5.07. The maximum Gasteiger partial charge on any atom is 0.304 e. The van der Waals surface area contributed by atoms with E-state index in [1.54, 1.807) is 0 Å². The zero-order valence-corrected chi connectivity index (χ0v) is 16.4. The summed E-state index contributed by atoms with van der Waals surface area (Å²) in [5.41, 5.74) is 0. The van der Waals surface area contributed by atoms with E-state index in [1.807, 2.05) is 4.72 Å². The van der Waals surface area contributed by atoms with Crippen molar-refractivity contribution in [3.05, 3.63) is 0 Å². The molecule has 3 aliphatic carbocycles. The number of aliphatic hydroxyl groups excluding tert-OH is 1. The summed E-state index contributed by atoms with van der Waals surface area (Å²) in [6.45, 7) is -0.113. The highest BCUT2D eigenvalue weighted by atomic mass is 32.2. The van der Waals surface area contributed by atoms with Gasteiger partial charge in [0.1, 0.15) is 6.17 Å². The molecule has 0 aromatic heterocycles. The Morgan fingerprint density at radius 3 is 2.68 bits per heavy atom. The van der Waals surface area contributed by atoms with Crippen LogP contribution in [-0.4, -0.2) is 61.3 Å². The maximum absolute atomic E-state index is 15.4. The van der Waals surface area contributed by atoms with Crippen LogP contribution in [0.3, 0.4) is 0 Å². The average molecular weight is 415 g/mol. The number of halogens is 1. The second-order valence-corrected chi connectivity index (χ2v) is 10.2. The molecule has 28 heavy (non-hydrogen) atoms. The van der Waals surface area contributed by atoms with Crippen molar-refractivity contribution in [2.24, 2.45) is 23.7 Å². The Morgan fingerprint density at radius 2 is 2.07 bits per heavy atom. The van der Waals surface area contributed by atoms with Gasteiger partial charge in [-0.15, -0.1) is 0 Å². The minimum absolute atomic E-state index is 0.0368. The number of alkyl halides is 1. The quantitative estimate of drug-likeness (QED) is 0.674. The van der Waals surface area contributed by atoms with E-state index in [0.717, 1.165) is 23.6 Å². The molecule has 156 valence electrons. The molecule has 1 aliphatic heterocycles. The first-order chi connectivity index (χ1) is 13.3. The van der Waals surface area contributed by atoms with Crippen molar-refractivity contribution in [2.75, 3.05) is 13.2 Å². The molecule has 1 amide bonds. The summed E-state index contributed by atoms with van der Waals surface area (Å²) in [4.78, 5) is 11.5. The molecule has 1 saturated heterocycles. The van der Waals surface area contributed by atoms with Gasteiger partial charge in [-0.3, -0.25) is 4.79 Å². The SMILES string of the molecule is N#CC(COC1CCC2CC(O)C(N3CC(=O)NS3(=O)=O)C(F)C2C1)C1CC1. The summed E-state index contributed by atoms with van der Waals surface area (Å²) in [6, 6.07) is 1.03. The second kappa shape index (κ2) is 7.52. The van der Waals surface area contributed by atoms with E-state index in [2.05, 4.69) is 6.07 Å². The molecular weight excluding hydrogens is 389 g/mol. The van der Waals surface area contributed by atoms with Crippen LogP contribution >= 0.6 is 0 Å². The molecule has 4 aliphatic rings. The van der Waals surface area contributed by atoms with Crippen LogP contribution in [0.4, 0.5) is 4.39 Å². The summed E-state index contributed by atoms with van der Waals surface area (Å²) >= 11 is 0. The number of aliphatic hydroxyl groups is 1. The van der Waals surface area contributed by atoms with E-state index >= 15 is 4.39 Å². The molecule has 0 aromatic rings. The van der Waals surface area contributed by atoms with Crippen molar-refractivity contribution in [2.45, 2.75) is 62.9 Å². The van der Waals surface area contributed by atoms with Crippen LogP contribution in [0.1, 0.15) is 38.5 Å². The smallest absolute Gasteiger partial charge is 0.304 e. The van der Waals surface area contributed by atoms with Gasteiger partial charge in [-0.25, -0.2) is 9.11 Å². The van der Waals surface area contributed by atoms with Crippen LogP contribution < -0.4 is 4.72 Å². The van der Waals surface area contributed by atoms with E-state index in [4.69, 9.17) is 4.74 Å². The van der Waals surface area contributed by atoms with Crippen LogP contribution in [0.2, 0.25) is 0 Å². The normalized spacial score (nSPS) is 41.7. The lowest BCUT2D eigenvalue weighted by Gasteiger charge is -2.47. The van der Waals surface area contributed by atoms with Crippen LogP contribution in [0.15, 0.2) is 0 Å². The van der Waals surface area contributed by atoms with Crippen molar-refractivity contribution in [3.63, 3.8) is 0 Å². The molecule has 10 heteroatoms. The zero-order chi connectivity index (χ0) is 20.1. The Hall–Kier alpha value is -1.28. The highest BCUT2D eigenvalue weighted by molar-refractivity contribution is 7.88. The van der Waals surface area contributed by atoms with E-state index < -0.39 is 46.9 Å². The number of carbonyl (C=O) groups is 1. The van der Waals surface area contributed by atoms with Gasteiger partial charge in [0.25, 0.3) is 0 Å². The van der Waals surface area contributed by atoms with Crippen LogP contribution in [0, 0.1) is 35.0 Å². The summed E-state index contributed by atoms with van der Waals surface area (Å²) in [7, 11) is -4.11. The Bertz CT molecular complexity index is 768. The zero-order valence-electron chi connectivity index (χ0n) is 15.5. The third kappa shape index (κ3) is 3.77. The molecule has 7 unspecified atom stereocenters. The molecular formula is C18H26FN3O5S. The number of nitriles is 1. The van der Waals surface area contributed by atoms with Crippen molar-refractivity contribution in [1.29, 1.82) is 5.26 Å². The molecule has 8 nitrogen and oxygen atoms in total. The predicted octanol–water partition coefficient (Wildman–Crippen LogP) is 0.486. The molecule has 3 saturated carbocycles. The number of carbonyl (C=O) groups excluding carboxylic acids is 1. The third-order valence-corrected chi connectivity index (χ3v) is 8.20. The molecule has 0 aromatic carbocycles. The van der Waals surface area contributed by atoms with Gasteiger partial charge >= 0.3 is 10.2 Å². The molecule has 0 bridgehead atoms. The van der Waals surface area contributed by atoms with Crippen LogP contribution in [0.25, 0.3) is 0 Å². The fourth-order valence-corrected chi connectivity index (χ4v) is 6.41. The molecule has 0 radical (unpaired) electrons. The van der Waals surface area contributed by atoms with Crippen molar-refractivity contribution < 1.29 is 27.4 Å². The second-order valence-electron chi connectivity index (χ2n) is 8.58. The van der Waals surface area contributed by atoms with Crippen LogP contribution in [0.5, 0.6) is 0 Å². The Kier molecular flexibility index (Phi) is 5.37. The van der Waals surface area contributed by atoms with Gasteiger partial charge in [-0.1, -0.05) is 0 Å². The largest absolute Gasteiger partial charge is 0.391 e. The highest BCUT2D eigenvalue weighted by Gasteiger charge is 2.53. The van der Waals surface area contributed by atoms with Gasteiger partial charge in [0.15, 0.2) is 0 Å². The van der Waals surface area contributed by atoms with Gasteiger partial charge in [0, 0.05) is 0 Å². The topological polar surface area (TPSA) is 120 Å². The summed E-state index contributed by atoms with van der Waals surface area (Å²) in [5.74, 6) is -0.889. The number of hydrogen-bond acceptors (Lipinski definition) is 6. The van der Waals surface area contributed by atoms with E-state index in [9.17, 15) is 23.6 Å². The molecule has 4 rings (SSSR count). The Balaban J connectivity index is 1.43. The van der Waals surface area contributed by atoms with E-state index in [0.29, 0.717) is 31.8 Å². The summed E-state index contributed by atoms with van der Waals surface area (Å²) in [5, 5.41) is 19.7. The van der Waals surface area contributed by atoms with Gasteiger partial charge in [-0.05, 0) is 56.3 Å². The molecule has 7 atom stereocenters. The lowest BCUT2D eigenvalue weighted by molar-refractivity contribution is -0.120. The van der Waals surface area contributed by atoms with Gasteiger partial charge in [0.2, 0.25) is 5.91 Å². The Morgan fingerprint density at radius 1 is 1.32 bits per heavy atom. The minimum Gasteiger partial charge on any atom is -0.391 e. The number of nitrogens with one attached hydrogen (secondary N) is 1. The molecule has 0 spiro atoms. The fraction of sp³-hybridized carbons (Fsp3) is 0.889. The molecule has 1 heterocycles. The number of amides is 1. The molecule has 2 N–H and O–H groups in total. The predicted molar refractivity (Wildman–Crippen MR) is 95.5 cm³/mol. The number of ether oxygens (including phenoxy) is 1. The van der Waals surface area contributed by atoms with Gasteiger partial charge in [0.05, 0.1) is 43.4 Å². The number of rotatable bonds is 5. The standard InChI is InChI=1S/C18H26FN3O5S/c19-17-14-6-13(27-9-12(7-20)10-1-2-10)4-3-11(14)5-15(23)18(17)22-8-16(24)21-28(22,25)26/h10-15,17-18,23H,1-6,8-9H2,(H,21,24). The maximum atomic E-state index is 15.4. The highest BCUT2D eigenvalue weighted by Crippen LogP contribution is 2.45. The van der Waals surface area contributed by atoms with Crippen molar-refractivity contribution in [3.8, 4) is 6.07 Å². The summed E-state index contributed by atoms with van der Waals surface area (Å²) in [6.07, 6.45) is 1.42. The van der Waals surface area contributed by atoms with Crippen molar-refractivity contribution in [1.82, 2.24) is 9.03 Å². The first kappa shape index (κ1) is 20.0. The first-order valence-corrected chi connectivity index (χ1v) is 11.4. The van der Waals surface area contributed by atoms with Crippen molar-refractivity contribution >= 4 is 16.1 Å². The monoisotopic (exact) mass is 415 g/mol. The lowest BCUT2D eigenvalue weighted by Crippen LogP contribution is -2.59. The van der Waals surface area contributed by atoms with E-state index in [1.165, 1.54) is 0 Å². The lowest BCUT2D eigenvalue weighted by atomic mass is 9.66.